The van der Waals surface area contributed by atoms with Crippen LogP contribution in [0.5, 0.6) is 0 Å². The second-order valence-electron chi connectivity index (χ2n) is 4.80. The molecule has 1 amide bonds. The maximum Gasteiger partial charge on any atom is 0.289 e. The van der Waals surface area contributed by atoms with E-state index in [1.165, 1.54) is 12.3 Å². The highest BCUT2D eigenvalue weighted by atomic mass is 16.5. The van der Waals surface area contributed by atoms with Crippen LogP contribution in [0.15, 0.2) is 16.8 Å². The zero-order valence-electron chi connectivity index (χ0n) is 9.86. The highest BCUT2D eigenvalue weighted by molar-refractivity contribution is 5.91. The highest BCUT2D eigenvalue weighted by Crippen LogP contribution is 2.20. The first-order chi connectivity index (χ1) is 7.41. The summed E-state index contributed by atoms with van der Waals surface area (Å²) >= 11 is 0. The molecule has 0 aromatic carbocycles. The molecule has 1 atom stereocenters. The van der Waals surface area contributed by atoms with Crippen molar-refractivity contribution >= 4 is 5.91 Å². The maximum absolute atomic E-state index is 11.4. The van der Waals surface area contributed by atoms with Gasteiger partial charge in [-0.3, -0.25) is 4.79 Å². The molecule has 0 saturated carbocycles. The fourth-order valence-electron chi connectivity index (χ4n) is 1.18. The molecule has 1 unspecified atom stereocenters. The molecule has 0 aliphatic carbocycles. The molecule has 16 heavy (non-hydrogen) atoms. The van der Waals surface area contributed by atoms with E-state index in [1.54, 1.807) is 0 Å². The zero-order valence-corrected chi connectivity index (χ0v) is 9.86. The van der Waals surface area contributed by atoms with Gasteiger partial charge in [-0.2, -0.15) is 0 Å². The maximum atomic E-state index is 11.4. The second kappa shape index (κ2) is 5.12. The Balaban J connectivity index is 2.29. The largest absolute Gasteiger partial charge is 0.393 e. The van der Waals surface area contributed by atoms with Gasteiger partial charge in [-0.25, -0.2) is 0 Å². The Morgan fingerprint density at radius 3 is 2.81 bits per heavy atom. The fourth-order valence-corrected chi connectivity index (χ4v) is 1.18. The molecule has 0 saturated heterocycles. The average molecular weight is 226 g/mol. The molecule has 2 N–H and O–H groups in total. The number of amides is 1. The molecule has 0 spiro atoms. The van der Waals surface area contributed by atoms with Crippen LogP contribution < -0.4 is 5.32 Å². The number of hydrogen-bond acceptors (Lipinski definition) is 4. The van der Waals surface area contributed by atoms with Crippen LogP contribution in [0.2, 0.25) is 0 Å². The molecule has 0 fully saturated rings. The topological polar surface area (TPSA) is 75.4 Å². The molecule has 5 heteroatoms. The molecule has 90 valence electrons. The number of rotatable bonds is 4. The van der Waals surface area contributed by atoms with E-state index in [1.807, 2.05) is 20.8 Å². The zero-order chi connectivity index (χ0) is 12.2. The molecule has 1 aromatic heterocycles. The van der Waals surface area contributed by atoms with Crippen molar-refractivity contribution < 1.29 is 14.4 Å². The number of hydrogen-bond donors (Lipinski definition) is 2. The van der Waals surface area contributed by atoms with Crippen LogP contribution in [0.1, 0.15) is 37.7 Å². The van der Waals surface area contributed by atoms with Crippen molar-refractivity contribution in [2.24, 2.45) is 5.41 Å². The Morgan fingerprint density at radius 1 is 1.62 bits per heavy atom. The average Bonchev–Trinajstić information content (AvgIpc) is 2.68. The lowest BCUT2D eigenvalue weighted by Crippen LogP contribution is -2.32. The lowest BCUT2D eigenvalue weighted by Gasteiger charge is -2.25. The van der Waals surface area contributed by atoms with Gasteiger partial charge in [-0.1, -0.05) is 25.9 Å². The molecule has 0 aliphatic heterocycles. The van der Waals surface area contributed by atoms with Gasteiger partial charge in [0.05, 0.1) is 12.3 Å². The number of carbonyl (C=O) groups excluding carboxylic acids is 1. The molecule has 0 radical (unpaired) electrons. The molecule has 1 rings (SSSR count). The fraction of sp³-hybridized carbons (Fsp3) is 0.636. The first kappa shape index (κ1) is 12.7. The van der Waals surface area contributed by atoms with Crippen LogP contribution >= 0.6 is 0 Å². The predicted molar refractivity (Wildman–Crippen MR) is 58.9 cm³/mol. The monoisotopic (exact) mass is 226 g/mol. The van der Waals surface area contributed by atoms with Gasteiger partial charge in [0.25, 0.3) is 5.91 Å². The lowest BCUT2D eigenvalue weighted by molar-refractivity contribution is 0.0548. The van der Waals surface area contributed by atoms with Crippen LogP contribution in [0.25, 0.3) is 0 Å². The van der Waals surface area contributed by atoms with Crippen molar-refractivity contribution in [1.29, 1.82) is 0 Å². The molecule has 5 nitrogen and oxygen atoms in total. The second-order valence-corrected chi connectivity index (χ2v) is 4.80. The quantitative estimate of drug-likeness (QED) is 0.809. The summed E-state index contributed by atoms with van der Waals surface area (Å²) < 4.78 is 4.70. The molecule has 0 aliphatic rings. The minimum Gasteiger partial charge on any atom is -0.393 e. The summed E-state index contributed by atoms with van der Waals surface area (Å²) in [5.74, 6) is -0.121. The van der Waals surface area contributed by atoms with E-state index in [4.69, 9.17) is 4.52 Å². The van der Waals surface area contributed by atoms with Gasteiger partial charge in [-0.05, 0) is 11.8 Å². The summed E-state index contributed by atoms with van der Waals surface area (Å²) in [6.45, 7) is 6.28. The van der Waals surface area contributed by atoms with E-state index in [2.05, 4.69) is 10.5 Å². The van der Waals surface area contributed by atoms with Gasteiger partial charge in [0.2, 0.25) is 5.76 Å². The van der Waals surface area contributed by atoms with Crippen molar-refractivity contribution in [1.82, 2.24) is 10.5 Å². The van der Waals surface area contributed by atoms with Crippen LogP contribution in [0, 0.1) is 5.41 Å². The molecule has 1 aromatic rings. The van der Waals surface area contributed by atoms with Crippen molar-refractivity contribution in [3.05, 3.63) is 18.0 Å². The van der Waals surface area contributed by atoms with Crippen LogP contribution in [0.4, 0.5) is 0 Å². The number of aliphatic hydroxyl groups excluding tert-OH is 1. The molecule has 1 heterocycles. The number of nitrogens with one attached hydrogen (secondary N) is 1. The minimum atomic E-state index is -0.442. The Bertz CT molecular complexity index is 327. The number of nitrogens with zero attached hydrogens (tertiary/aromatic N) is 1. The number of aliphatic hydroxyl groups is 1. The smallest absolute Gasteiger partial charge is 0.289 e. The Hall–Kier alpha value is -1.36. The van der Waals surface area contributed by atoms with Gasteiger partial charge in [-0.15, -0.1) is 0 Å². The van der Waals surface area contributed by atoms with E-state index in [0.29, 0.717) is 13.0 Å². The Kier molecular flexibility index (Phi) is 4.06. The molecular formula is C11H18N2O3. The van der Waals surface area contributed by atoms with Crippen molar-refractivity contribution in [3.8, 4) is 0 Å². The van der Waals surface area contributed by atoms with Crippen molar-refractivity contribution in [2.75, 3.05) is 6.54 Å². The Labute approximate surface area is 94.8 Å². The van der Waals surface area contributed by atoms with E-state index >= 15 is 0 Å². The lowest BCUT2D eigenvalue weighted by atomic mass is 9.87. The van der Waals surface area contributed by atoms with E-state index < -0.39 is 6.10 Å². The third-order valence-electron chi connectivity index (χ3n) is 2.36. The summed E-state index contributed by atoms with van der Waals surface area (Å²) in [5, 5.41) is 15.8. The summed E-state index contributed by atoms with van der Waals surface area (Å²) in [6.07, 6.45) is 1.49. The normalized spacial score (nSPS) is 13.5. The predicted octanol–water partition coefficient (Wildman–Crippen LogP) is 1.20. The first-order valence-corrected chi connectivity index (χ1v) is 5.28. The van der Waals surface area contributed by atoms with Crippen molar-refractivity contribution in [2.45, 2.75) is 33.3 Å². The van der Waals surface area contributed by atoms with Gasteiger partial charge < -0.3 is 14.9 Å². The van der Waals surface area contributed by atoms with Crippen LogP contribution in [-0.2, 0) is 0 Å². The highest BCUT2D eigenvalue weighted by Gasteiger charge is 2.21. The molecule has 0 bridgehead atoms. The third-order valence-corrected chi connectivity index (χ3v) is 2.36. The van der Waals surface area contributed by atoms with Gasteiger partial charge in [0, 0.05) is 12.6 Å². The van der Waals surface area contributed by atoms with E-state index in [-0.39, 0.29) is 17.1 Å². The summed E-state index contributed by atoms with van der Waals surface area (Å²) in [7, 11) is 0. The number of aromatic nitrogens is 1. The van der Waals surface area contributed by atoms with Crippen molar-refractivity contribution in [3.63, 3.8) is 0 Å². The van der Waals surface area contributed by atoms with Crippen LogP contribution in [-0.4, -0.2) is 28.8 Å². The minimum absolute atomic E-state index is 0.170. The number of carbonyl (C=O) groups is 1. The molecular weight excluding hydrogens is 208 g/mol. The van der Waals surface area contributed by atoms with Gasteiger partial charge >= 0.3 is 0 Å². The van der Waals surface area contributed by atoms with Gasteiger partial charge in [0.15, 0.2) is 0 Å². The first-order valence-electron chi connectivity index (χ1n) is 5.28. The SMILES string of the molecule is CC(C)(C)C(O)CCNC(=O)c1ccno1. The van der Waals surface area contributed by atoms with Crippen LogP contribution in [0.3, 0.4) is 0 Å². The van der Waals surface area contributed by atoms with E-state index in [9.17, 15) is 9.90 Å². The summed E-state index contributed by atoms with van der Waals surface area (Å²) in [6, 6.07) is 1.50. The summed E-state index contributed by atoms with van der Waals surface area (Å²) in [5.41, 5.74) is -0.170. The Morgan fingerprint density at radius 2 is 2.31 bits per heavy atom. The van der Waals surface area contributed by atoms with E-state index in [0.717, 1.165) is 0 Å². The third kappa shape index (κ3) is 3.66. The summed E-state index contributed by atoms with van der Waals surface area (Å²) in [4.78, 5) is 11.4. The standard InChI is InChI=1S/C11H18N2O3/c1-11(2,3)9(14)5-6-12-10(15)8-4-7-13-16-8/h4,7,9,14H,5-6H2,1-3H3,(H,12,15). The van der Waals surface area contributed by atoms with Gasteiger partial charge in [0.1, 0.15) is 0 Å².